The lowest BCUT2D eigenvalue weighted by atomic mass is 10.2. The number of rotatable bonds is 6. The Balaban J connectivity index is 2.05. The summed E-state index contributed by atoms with van der Waals surface area (Å²) in [6.45, 7) is 0.367. The van der Waals surface area contributed by atoms with Crippen LogP contribution in [0.4, 0.5) is 0 Å². The van der Waals surface area contributed by atoms with Crippen molar-refractivity contribution < 1.29 is 9.53 Å². The number of benzene rings is 1. The Bertz CT molecular complexity index is 691. The van der Waals surface area contributed by atoms with Crippen molar-refractivity contribution in [3.8, 4) is 23.2 Å². The molecule has 0 aliphatic carbocycles. The van der Waals surface area contributed by atoms with Crippen LogP contribution in [0.25, 0.3) is 11.4 Å². The minimum Gasteiger partial charge on any atom is -0.497 e. The number of aromatic nitrogens is 4. The molecule has 2 rings (SSSR count). The molecule has 1 amide bonds. The zero-order valence-electron chi connectivity index (χ0n) is 12.4. The van der Waals surface area contributed by atoms with E-state index in [1.54, 1.807) is 20.2 Å². The minimum absolute atomic E-state index is 0.0150. The summed E-state index contributed by atoms with van der Waals surface area (Å²) < 4.78 is 5.15. The van der Waals surface area contributed by atoms with Crippen molar-refractivity contribution in [3.05, 3.63) is 24.3 Å². The van der Waals surface area contributed by atoms with Gasteiger partial charge < -0.3 is 9.64 Å². The van der Waals surface area contributed by atoms with Crippen LogP contribution in [0.5, 0.6) is 5.75 Å². The van der Waals surface area contributed by atoms with Crippen LogP contribution in [-0.2, 0) is 11.3 Å². The van der Waals surface area contributed by atoms with E-state index in [0.29, 0.717) is 24.5 Å². The summed E-state index contributed by atoms with van der Waals surface area (Å²) in [5.41, 5.74) is 0.760. The van der Waals surface area contributed by atoms with Gasteiger partial charge in [0, 0.05) is 19.2 Å². The summed E-state index contributed by atoms with van der Waals surface area (Å²) in [4.78, 5) is 14.6. The van der Waals surface area contributed by atoms with E-state index in [2.05, 4.69) is 15.4 Å². The molecule has 8 heteroatoms. The number of carbonyl (C=O) groups excluding carboxylic acids is 1. The highest BCUT2D eigenvalue weighted by Gasteiger charge is 2.13. The molecule has 0 aliphatic rings. The number of carbonyl (C=O) groups is 1. The highest BCUT2D eigenvalue weighted by molar-refractivity contribution is 5.75. The van der Waals surface area contributed by atoms with Crippen molar-refractivity contribution in [2.45, 2.75) is 13.0 Å². The Labute approximate surface area is 127 Å². The van der Waals surface area contributed by atoms with Crippen LogP contribution in [0.2, 0.25) is 0 Å². The molecule has 0 unspecified atom stereocenters. The molecule has 0 saturated carbocycles. The summed E-state index contributed by atoms with van der Waals surface area (Å²) >= 11 is 0. The van der Waals surface area contributed by atoms with Crippen LogP contribution in [-0.4, -0.2) is 51.7 Å². The van der Waals surface area contributed by atoms with Crippen molar-refractivity contribution in [3.63, 3.8) is 0 Å². The van der Waals surface area contributed by atoms with Crippen LogP contribution in [0.3, 0.4) is 0 Å². The Morgan fingerprint density at radius 2 is 2.32 bits per heavy atom. The predicted octanol–water partition coefficient (Wildman–Crippen LogP) is 0.721. The van der Waals surface area contributed by atoms with E-state index < -0.39 is 0 Å². The van der Waals surface area contributed by atoms with Gasteiger partial charge in [-0.25, -0.2) is 0 Å². The highest BCUT2D eigenvalue weighted by atomic mass is 16.5. The summed E-state index contributed by atoms with van der Waals surface area (Å²) in [5, 5.41) is 20.5. The average molecular weight is 300 g/mol. The van der Waals surface area contributed by atoms with E-state index in [-0.39, 0.29) is 12.5 Å². The number of hydrogen-bond acceptors (Lipinski definition) is 6. The summed E-state index contributed by atoms with van der Waals surface area (Å²) in [6.07, 6.45) is 0.294. The molecule has 22 heavy (non-hydrogen) atoms. The Hall–Kier alpha value is -2.95. The maximum atomic E-state index is 11.9. The van der Waals surface area contributed by atoms with Gasteiger partial charge in [-0.1, -0.05) is 12.1 Å². The molecule has 0 atom stereocenters. The smallest absolute Gasteiger partial charge is 0.246 e. The fourth-order valence-electron chi connectivity index (χ4n) is 1.77. The van der Waals surface area contributed by atoms with Crippen molar-refractivity contribution in [1.29, 1.82) is 5.26 Å². The first-order valence-electron chi connectivity index (χ1n) is 6.67. The predicted molar refractivity (Wildman–Crippen MR) is 77.7 cm³/mol. The summed E-state index contributed by atoms with van der Waals surface area (Å²) in [5.74, 6) is 0.942. The normalized spacial score (nSPS) is 10.0. The van der Waals surface area contributed by atoms with Gasteiger partial charge in [0.15, 0.2) is 0 Å². The third-order valence-electron chi connectivity index (χ3n) is 3.04. The molecule has 2 aromatic rings. The summed E-state index contributed by atoms with van der Waals surface area (Å²) in [6, 6.07) is 9.28. The fourth-order valence-corrected chi connectivity index (χ4v) is 1.77. The van der Waals surface area contributed by atoms with Gasteiger partial charge in [-0.3, -0.25) is 4.79 Å². The van der Waals surface area contributed by atoms with Gasteiger partial charge in [0.05, 0.1) is 19.6 Å². The third-order valence-corrected chi connectivity index (χ3v) is 3.04. The zero-order chi connectivity index (χ0) is 15.9. The quantitative estimate of drug-likeness (QED) is 0.779. The number of tetrazole rings is 1. The van der Waals surface area contributed by atoms with E-state index in [0.717, 1.165) is 5.56 Å². The first-order valence-corrected chi connectivity index (χ1v) is 6.67. The summed E-state index contributed by atoms with van der Waals surface area (Å²) in [7, 11) is 3.22. The molecule has 0 radical (unpaired) electrons. The van der Waals surface area contributed by atoms with Gasteiger partial charge in [-0.05, 0) is 17.3 Å². The van der Waals surface area contributed by atoms with E-state index >= 15 is 0 Å². The van der Waals surface area contributed by atoms with Gasteiger partial charge in [0.1, 0.15) is 12.3 Å². The van der Waals surface area contributed by atoms with E-state index in [4.69, 9.17) is 10.00 Å². The van der Waals surface area contributed by atoms with E-state index in [1.807, 2.05) is 24.3 Å². The standard InChI is InChI=1S/C14H16N6O2/c1-19(8-4-7-15)13(21)10-20-17-14(16-18-20)11-5-3-6-12(9-11)22-2/h3,5-6,9H,4,8,10H2,1-2H3. The van der Waals surface area contributed by atoms with E-state index in [1.165, 1.54) is 9.70 Å². The number of likely N-dealkylation sites (N-methyl/N-ethyl adjacent to an activating group) is 1. The molecule has 114 valence electrons. The molecule has 0 spiro atoms. The number of amides is 1. The largest absolute Gasteiger partial charge is 0.497 e. The van der Waals surface area contributed by atoms with Gasteiger partial charge >= 0.3 is 0 Å². The maximum absolute atomic E-state index is 11.9. The Morgan fingerprint density at radius 1 is 1.50 bits per heavy atom. The molecular weight excluding hydrogens is 284 g/mol. The molecule has 1 aromatic carbocycles. The Kier molecular flexibility index (Phi) is 5.03. The third kappa shape index (κ3) is 3.79. The molecule has 8 nitrogen and oxygen atoms in total. The van der Waals surface area contributed by atoms with Gasteiger partial charge in [0.2, 0.25) is 11.7 Å². The maximum Gasteiger partial charge on any atom is 0.246 e. The second kappa shape index (κ2) is 7.17. The molecule has 1 aromatic heterocycles. The number of nitrogens with zero attached hydrogens (tertiary/aromatic N) is 6. The number of hydrogen-bond donors (Lipinski definition) is 0. The first-order chi connectivity index (χ1) is 10.6. The van der Waals surface area contributed by atoms with Gasteiger partial charge in [-0.15, -0.1) is 10.2 Å². The molecule has 0 aliphatic heterocycles. The lowest BCUT2D eigenvalue weighted by Crippen LogP contribution is -2.31. The van der Waals surface area contributed by atoms with Crippen LogP contribution in [0.15, 0.2) is 24.3 Å². The fraction of sp³-hybridized carbons (Fsp3) is 0.357. The average Bonchev–Trinajstić information content (AvgIpc) is 3.01. The van der Waals surface area contributed by atoms with E-state index in [9.17, 15) is 4.79 Å². The lowest BCUT2D eigenvalue weighted by molar-refractivity contribution is -0.130. The molecule has 0 saturated heterocycles. The first kappa shape index (κ1) is 15.4. The van der Waals surface area contributed by atoms with Gasteiger partial charge in [-0.2, -0.15) is 10.1 Å². The second-order valence-electron chi connectivity index (χ2n) is 4.60. The molecule has 0 N–H and O–H groups in total. The zero-order valence-corrected chi connectivity index (χ0v) is 12.4. The van der Waals surface area contributed by atoms with Crippen molar-refractivity contribution in [2.75, 3.05) is 20.7 Å². The van der Waals surface area contributed by atoms with Crippen molar-refractivity contribution in [1.82, 2.24) is 25.1 Å². The van der Waals surface area contributed by atoms with Crippen LogP contribution in [0, 0.1) is 11.3 Å². The van der Waals surface area contributed by atoms with Crippen LogP contribution < -0.4 is 4.74 Å². The number of methoxy groups -OCH3 is 1. The minimum atomic E-state index is -0.176. The van der Waals surface area contributed by atoms with Crippen LogP contribution in [0.1, 0.15) is 6.42 Å². The molecule has 0 bridgehead atoms. The number of nitriles is 1. The van der Waals surface area contributed by atoms with Crippen LogP contribution >= 0.6 is 0 Å². The van der Waals surface area contributed by atoms with Crippen molar-refractivity contribution in [2.24, 2.45) is 0 Å². The topological polar surface area (TPSA) is 96.9 Å². The Morgan fingerprint density at radius 3 is 3.05 bits per heavy atom. The molecule has 0 fully saturated rings. The highest BCUT2D eigenvalue weighted by Crippen LogP contribution is 2.19. The van der Waals surface area contributed by atoms with Gasteiger partial charge in [0.25, 0.3) is 0 Å². The van der Waals surface area contributed by atoms with Crippen molar-refractivity contribution >= 4 is 5.91 Å². The lowest BCUT2D eigenvalue weighted by Gasteiger charge is -2.14. The molecular formula is C14H16N6O2. The SMILES string of the molecule is COc1cccc(-c2nnn(CC(=O)N(C)CCC#N)n2)c1. The second-order valence-corrected chi connectivity index (χ2v) is 4.60. The number of ether oxygens (including phenoxy) is 1. The monoisotopic (exact) mass is 300 g/mol. The molecule has 1 heterocycles.